The minimum absolute atomic E-state index is 0. The lowest BCUT2D eigenvalue weighted by Gasteiger charge is -2.35. The number of hydrogen-bond acceptors (Lipinski definition) is 4. The molecule has 1 saturated heterocycles. The second kappa shape index (κ2) is 11.2. The molecule has 6 nitrogen and oxygen atoms in total. The van der Waals surface area contributed by atoms with Crippen molar-refractivity contribution < 1.29 is 9.47 Å². The summed E-state index contributed by atoms with van der Waals surface area (Å²) in [7, 11) is 1.81. The summed E-state index contributed by atoms with van der Waals surface area (Å²) < 4.78 is 11.7. The number of aryl methyl sites for hydroxylation is 2. The molecule has 1 atom stereocenters. The molecule has 28 heavy (non-hydrogen) atoms. The zero-order valence-electron chi connectivity index (χ0n) is 16.7. The molecule has 1 fully saturated rings. The highest BCUT2D eigenvalue weighted by Crippen LogP contribution is 2.25. The minimum atomic E-state index is 0. The largest absolute Gasteiger partial charge is 0.490 e. The molecule has 2 aromatic rings. The molecule has 1 aromatic heterocycles. The molecule has 3 rings (SSSR count). The summed E-state index contributed by atoms with van der Waals surface area (Å²) in [6.45, 7) is 7.78. The second-order valence-electron chi connectivity index (χ2n) is 6.68. The van der Waals surface area contributed by atoms with Crippen molar-refractivity contribution in [1.82, 2.24) is 15.2 Å². The number of aliphatic imine (C=N–C) groups is 1. The fraction of sp³-hybridized carbons (Fsp3) is 0.429. The summed E-state index contributed by atoms with van der Waals surface area (Å²) in [5, 5.41) is 3.38. The standard InChI is InChI=1S/C21H28N4O2.HI/c1-16-6-7-19(17(2)13-16)20-15-25(10-12-27-20)21(22-3)24-9-11-26-18-5-4-8-23-14-18;/h4-8,13-14,20H,9-12,15H2,1-3H3,(H,22,24);1H. The Kier molecular flexibility index (Phi) is 8.98. The molecule has 1 aliphatic rings. The van der Waals surface area contributed by atoms with Crippen LogP contribution < -0.4 is 10.1 Å². The molecule has 1 unspecified atom stereocenters. The smallest absolute Gasteiger partial charge is 0.193 e. The zero-order valence-corrected chi connectivity index (χ0v) is 19.1. The van der Waals surface area contributed by atoms with E-state index in [4.69, 9.17) is 9.47 Å². The van der Waals surface area contributed by atoms with E-state index in [9.17, 15) is 0 Å². The van der Waals surface area contributed by atoms with Gasteiger partial charge in [0.1, 0.15) is 18.5 Å². The van der Waals surface area contributed by atoms with Crippen molar-refractivity contribution >= 4 is 29.9 Å². The lowest BCUT2D eigenvalue weighted by molar-refractivity contribution is -0.00835. The van der Waals surface area contributed by atoms with Gasteiger partial charge >= 0.3 is 0 Å². The van der Waals surface area contributed by atoms with E-state index in [-0.39, 0.29) is 30.1 Å². The number of nitrogens with zero attached hydrogens (tertiary/aromatic N) is 3. The Hall–Kier alpha value is -1.87. The Morgan fingerprint density at radius 2 is 2.21 bits per heavy atom. The van der Waals surface area contributed by atoms with E-state index >= 15 is 0 Å². The summed E-state index contributed by atoms with van der Waals surface area (Å²) in [5.41, 5.74) is 3.80. The Bertz CT molecular complexity index is 770. The first kappa shape index (κ1) is 22.4. The van der Waals surface area contributed by atoms with Crippen LogP contribution in [0.1, 0.15) is 22.8 Å². The van der Waals surface area contributed by atoms with Crippen molar-refractivity contribution in [2.75, 3.05) is 39.9 Å². The number of hydrogen-bond donors (Lipinski definition) is 1. The molecular formula is C21H29IN4O2. The molecular weight excluding hydrogens is 467 g/mol. The first-order chi connectivity index (χ1) is 13.2. The van der Waals surface area contributed by atoms with Crippen LogP contribution in [-0.4, -0.2) is 55.7 Å². The van der Waals surface area contributed by atoms with E-state index < -0.39 is 0 Å². The van der Waals surface area contributed by atoms with Gasteiger partial charge in [-0.15, -0.1) is 24.0 Å². The summed E-state index contributed by atoms with van der Waals surface area (Å²) in [5.74, 6) is 1.65. The van der Waals surface area contributed by atoms with Crippen LogP contribution in [0.25, 0.3) is 0 Å². The van der Waals surface area contributed by atoms with Crippen LogP contribution in [0.2, 0.25) is 0 Å². The average Bonchev–Trinajstić information content (AvgIpc) is 2.69. The minimum Gasteiger partial charge on any atom is -0.490 e. The van der Waals surface area contributed by atoms with Crippen LogP contribution in [0.5, 0.6) is 5.75 Å². The van der Waals surface area contributed by atoms with Crippen LogP contribution in [0.4, 0.5) is 0 Å². The van der Waals surface area contributed by atoms with Gasteiger partial charge in [-0.25, -0.2) is 0 Å². The number of guanidine groups is 1. The third-order valence-corrected chi connectivity index (χ3v) is 4.64. The van der Waals surface area contributed by atoms with E-state index in [1.165, 1.54) is 16.7 Å². The first-order valence-corrected chi connectivity index (χ1v) is 9.34. The molecule has 0 spiro atoms. The average molecular weight is 496 g/mol. The molecule has 0 saturated carbocycles. The molecule has 0 radical (unpaired) electrons. The molecule has 0 bridgehead atoms. The van der Waals surface area contributed by atoms with Crippen molar-refractivity contribution in [3.63, 3.8) is 0 Å². The van der Waals surface area contributed by atoms with Crippen molar-refractivity contribution in [3.8, 4) is 5.75 Å². The first-order valence-electron chi connectivity index (χ1n) is 9.34. The van der Waals surface area contributed by atoms with Crippen molar-refractivity contribution in [3.05, 3.63) is 59.4 Å². The van der Waals surface area contributed by atoms with Gasteiger partial charge in [-0.3, -0.25) is 9.98 Å². The summed E-state index contributed by atoms with van der Waals surface area (Å²) in [6.07, 6.45) is 3.51. The number of benzene rings is 1. The molecule has 1 aromatic carbocycles. The number of ether oxygens (including phenoxy) is 2. The Morgan fingerprint density at radius 1 is 1.36 bits per heavy atom. The van der Waals surface area contributed by atoms with Gasteiger partial charge in [0.2, 0.25) is 0 Å². The fourth-order valence-electron chi connectivity index (χ4n) is 3.31. The van der Waals surface area contributed by atoms with Crippen LogP contribution in [0.3, 0.4) is 0 Å². The number of aromatic nitrogens is 1. The highest BCUT2D eigenvalue weighted by atomic mass is 127. The van der Waals surface area contributed by atoms with Gasteiger partial charge in [-0.05, 0) is 37.1 Å². The fourth-order valence-corrected chi connectivity index (χ4v) is 3.31. The molecule has 7 heteroatoms. The van der Waals surface area contributed by atoms with Gasteiger partial charge < -0.3 is 19.7 Å². The normalized spacial score (nSPS) is 17.0. The van der Waals surface area contributed by atoms with Crippen LogP contribution in [0.15, 0.2) is 47.7 Å². The van der Waals surface area contributed by atoms with Gasteiger partial charge in [0.25, 0.3) is 0 Å². The molecule has 1 N–H and O–H groups in total. The van der Waals surface area contributed by atoms with E-state index in [1.807, 2.05) is 19.2 Å². The summed E-state index contributed by atoms with van der Waals surface area (Å²) in [4.78, 5) is 10.7. The SMILES string of the molecule is CN=C(NCCOc1cccnc1)N1CCOC(c2ccc(C)cc2C)C1.I. The highest BCUT2D eigenvalue weighted by molar-refractivity contribution is 14.0. The number of rotatable bonds is 5. The maximum atomic E-state index is 6.04. The molecule has 0 aliphatic carbocycles. The Balaban J connectivity index is 0.00000280. The van der Waals surface area contributed by atoms with E-state index in [0.717, 1.165) is 24.8 Å². The van der Waals surface area contributed by atoms with Gasteiger partial charge in [-0.1, -0.05) is 23.8 Å². The highest BCUT2D eigenvalue weighted by Gasteiger charge is 2.25. The maximum Gasteiger partial charge on any atom is 0.193 e. The van der Waals surface area contributed by atoms with Gasteiger partial charge in [0.05, 0.1) is 25.9 Å². The third kappa shape index (κ3) is 6.07. The van der Waals surface area contributed by atoms with E-state index in [2.05, 4.69) is 52.2 Å². The number of nitrogens with one attached hydrogen (secondary N) is 1. The summed E-state index contributed by atoms with van der Waals surface area (Å²) in [6, 6.07) is 10.3. The van der Waals surface area contributed by atoms with Crippen molar-refractivity contribution in [2.45, 2.75) is 20.0 Å². The lowest BCUT2D eigenvalue weighted by atomic mass is 10.00. The number of morpholine rings is 1. The predicted octanol–water partition coefficient (Wildman–Crippen LogP) is 3.34. The van der Waals surface area contributed by atoms with Gasteiger partial charge in [-0.2, -0.15) is 0 Å². The van der Waals surface area contributed by atoms with Crippen LogP contribution >= 0.6 is 24.0 Å². The Morgan fingerprint density at radius 3 is 2.93 bits per heavy atom. The summed E-state index contributed by atoms with van der Waals surface area (Å²) >= 11 is 0. The zero-order chi connectivity index (χ0) is 19.1. The molecule has 1 aliphatic heterocycles. The van der Waals surface area contributed by atoms with E-state index in [0.29, 0.717) is 19.8 Å². The third-order valence-electron chi connectivity index (χ3n) is 4.64. The molecule has 2 heterocycles. The monoisotopic (exact) mass is 496 g/mol. The van der Waals surface area contributed by atoms with Crippen LogP contribution in [0, 0.1) is 13.8 Å². The number of pyridine rings is 1. The van der Waals surface area contributed by atoms with Gasteiger partial charge in [0, 0.05) is 19.8 Å². The van der Waals surface area contributed by atoms with Gasteiger partial charge in [0.15, 0.2) is 5.96 Å². The topological polar surface area (TPSA) is 59.0 Å². The quantitative estimate of drug-likeness (QED) is 0.298. The predicted molar refractivity (Wildman–Crippen MR) is 123 cm³/mol. The lowest BCUT2D eigenvalue weighted by Crippen LogP contribution is -2.49. The maximum absolute atomic E-state index is 6.04. The van der Waals surface area contributed by atoms with Crippen molar-refractivity contribution in [1.29, 1.82) is 0 Å². The van der Waals surface area contributed by atoms with E-state index in [1.54, 1.807) is 12.4 Å². The molecule has 0 amide bonds. The molecule has 152 valence electrons. The second-order valence-corrected chi connectivity index (χ2v) is 6.68. The Labute approximate surface area is 184 Å². The van der Waals surface area contributed by atoms with Crippen LogP contribution in [-0.2, 0) is 4.74 Å². The number of halogens is 1. The van der Waals surface area contributed by atoms with Crippen molar-refractivity contribution in [2.24, 2.45) is 4.99 Å².